The second-order valence-electron chi connectivity index (χ2n) is 3.62. The molecule has 6 heteroatoms. The molecule has 1 aliphatic heterocycles. The smallest absolute Gasteiger partial charge is 0.264 e. The van der Waals surface area contributed by atoms with E-state index in [9.17, 15) is 4.79 Å². The lowest BCUT2D eigenvalue weighted by atomic mass is 10.1. The van der Waals surface area contributed by atoms with Gasteiger partial charge in [-0.25, -0.2) is 5.48 Å². The van der Waals surface area contributed by atoms with Gasteiger partial charge >= 0.3 is 0 Å². The summed E-state index contributed by atoms with van der Waals surface area (Å²) >= 11 is 1.30. The normalized spacial score (nSPS) is 24.3. The fraction of sp³-hybridized carbons (Fsp3) is 0.875. The number of rotatable bonds is 2. The van der Waals surface area contributed by atoms with E-state index in [1.807, 2.05) is 0 Å². The molecule has 1 aliphatic rings. The number of thioether (sulfide) groups is 1. The first-order valence-corrected chi connectivity index (χ1v) is 5.46. The van der Waals surface area contributed by atoms with Crippen molar-refractivity contribution in [3.8, 4) is 0 Å². The van der Waals surface area contributed by atoms with E-state index in [2.05, 4.69) is 0 Å². The maximum absolute atomic E-state index is 11.4. The largest absolute Gasteiger partial charge is 0.348 e. The molecule has 0 unspecified atom stereocenters. The Hall–Kier alpha value is -0.300. The second-order valence-corrected chi connectivity index (χ2v) is 4.81. The van der Waals surface area contributed by atoms with Gasteiger partial charge in [0.2, 0.25) is 0 Å². The molecule has 1 amide bonds. The monoisotopic (exact) mass is 221 g/mol. The first-order chi connectivity index (χ1) is 6.46. The Kier molecular flexibility index (Phi) is 3.41. The first-order valence-electron chi connectivity index (χ1n) is 4.23. The minimum absolute atomic E-state index is 0.230. The van der Waals surface area contributed by atoms with Crippen molar-refractivity contribution in [2.75, 3.05) is 19.5 Å². The maximum atomic E-state index is 11.4. The van der Waals surface area contributed by atoms with E-state index < -0.39 is 16.4 Å². The van der Waals surface area contributed by atoms with E-state index in [1.165, 1.54) is 11.8 Å². The molecule has 0 atom stereocenters. The Morgan fingerprint density at radius 3 is 2.29 bits per heavy atom. The van der Waals surface area contributed by atoms with Crippen LogP contribution >= 0.6 is 11.8 Å². The molecule has 2 N–H and O–H groups in total. The topological polar surface area (TPSA) is 67.8 Å². The van der Waals surface area contributed by atoms with Crippen molar-refractivity contribution >= 4 is 17.7 Å². The summed E-state index contributed by atoms with van der Waals surface area (Å²) < 4.78 is 9.92. The first kappa shape index (κ1) is 11.8. The summed E-state index contributed by atoms with van der Waals surface area (Å²) in [5, 5.41) is 8.59. The van der Waals surface area contributed by atoms with Gasteiger partial charge in [0.05, 0.1) is 13.2 Å². The zero-order valence-corrected chi connectivity index (χ0v) is 9.31. The second kappa shape index (κ2) is 4.06. The van der Waals surface area contributed by atoms with E-state index in [0.29, 0.717) is 0 Å². The van der Waals surface area contributed by atoms with Crippen LogP contribution in [0.3, 0.4) is 0 Å². The fourth-order valence-corrected chi connectivity index (χ4v) is 1.69. The van der Waals surface area contributed by atoms with Gasteiger partial charge in [0.25, 0.3) is 5.91 Å². The van der Waals surface area contributed by atoms with Crippen LogP contribution in [0.5, 0.6) is 0 Å². The average molecular weight is 221 g/mol. The van der Waals surface area contributed by atoms with Crippen LogP contribution in [0, 0.1) is 0 Å². The highest BCUT2D eigenvalue weighted by molar-refractivity contribution is 8.00. The van der Waals surface area contributed by atoms with Crippen molar-refractivity contribution < 1.29 is 19.5 Å². The van der Waals surface area contributed by atoms with Gasteiger partial charge in [0.15, 0.2) is 5.79 Å². The van der Waals surface area contributed by atoms with E-state index >= 15 is 0 Å². The molecule has 14 heavy (non-hydrogen) atoms. The predicted octanol–water partition coefficient (Wildman–Crippen LogP) is 0.376. The minimum Gasteiger partial charge on any atom is -0.348 e. The number of carbonyl (C=O) groups excluding carboxylic acids is 1. The highest BCUT2D eigenvalue weighted by Gasteiger charge is 2.45. The zero-order valence-electron chi connectivity index (χ0n) is 8.49. The molecule has 0 aromatic carbocycles. The molecule has 0 aliphatic carbocycles. The van der Waals surface area contributed by atoms with Gasteiger partial charge in [0, 0.05) is 0 Å². The van der Waals surface area contributed by atoms with Crippen LogP contribution in [-0.2, 0) is 14.3 Å². The molecule has 1 fully saturated rings. The van der Waals surface area contributed by atoms with E-state index in [4.69, 9.17) is 14.7 Å². The summed E-state index contributed by atoms with van der Waals surface area (Å²) in [6.07, 6.45) is 1.78. The van der Waals surface area contributed by atoms with Gasteiger partial charge in [0.1, 0.15) is 4.75 Å². The average Bonchev–Trinajstić information content (AvgIpc) is 2.18. The number of amides is 1. The maximum Gasteiger partial charge on any atom is 0.264 e. The summed E-state index contributed by atoms with van der Waals surface area (Å²) in [5.41, 5.74) is 1.63. The molecule has 1 rings (SSSR count). The number of hydroxylamine groups is 1. The fourth-order valence-electron chi connectivity index (χ4n) is 1.11. The summed E-state index contributed by atoms with van der Waals surface area (Å²) in [5.74, 6) is -1.14. The number of carbonyl (C=O) groups is 1. The van der Waals surface area contributed by atoms with Gasteiger partial charge < -0.3 is 9.47 Å². The van der Waals surface area contributed by atoms with Crippen molar-refractivity contribution in [3.05, 3.63) is 0 Å². The molecule has 0 radical (unpaired) electrons. The lowest BCUT2D eigenvalue weighted by Gasteiger charge is -2.40. The van der Waals surface area contributed by atoms with Crippen LogP contribution in [0.1, 0.15) is 13.8 Å². The summed E-state index contributed by atoms with van der Waals surface area (Å²) in [7, 11) is 0. The Bertz CT molecular complexity index is 221. The molecule has 5 nitrogen and oxygen atoms in total. The molecular weight excluding hydrogens is 206 g/mol. The molecule has 1 saturated heterocycles. The molecule has 0 spiro atoms. The zero-order chi connectivity index (χ0) is 10.8. The Balaban J connectivity index is 2.71. The van der Waals surface area contributed by atoms with Gasteiger partial charge in [-0.15, -0.1) is 11.8 Å². The van der Waals surface area contributed by atoms with Gasteiger partial charge in [-0.2, -0.15) is 0 Å². The van der Waals surface area contributed by atoms with Crippen molar-refractivity contribution in [1.82, 2.24) is 5.48 Å². The lowest BCUT2D eigenvalue weighted by Crippen LogP contribution is -2.56. The summed E-state index contributed by atoms with van der Waals surface area (Å²) in [4.78, 5) is 11.4. The molecule has 0 aromatic heterocycles. The van der Waals surface area contributed by atoms with Crippen LogP contribution in [0.4, 0.5) is 0 Å². The van der Waals surface area contributed by atoms with Crippen molar-refractivity contribution in [2.24, 2.45) is 0 Å². The minimum atomic E-state index is -0.843. The third-order valence-corrected chi connectivity index (χ3v) is 3.41. The van der Waals surface area contributed by atoms with Crippen LogP contribution in [0.25, 0.3) is 0 Å². The lowest BCUT2D eigenvalue weighted by molar-refractivity contribution is -0.253. The van der Waals surface area contributed by atoms with Crippen molar-refractivity contribution in [2.45, 2.75) is 24.4 Å². The quantitative estimate of drug-likeness (QED) is 0.521. The summed E-state index contributed by atoms with van der Waals surface area (Å²) in [6, 6.07) is 0. The van der Waals surface area contributed by atoms with Gasteiger partial charge in [-0.05, 0) is 20.1 Å². The molecule has 82 valence electrons. The van der Waals surface area contributed by atoms with Crippen LogP contribution < -0.4 is 5.48 Å². The number of ether oxygens (including phenoxy) is 2. The number of nitrogens with one attached hydrogen (secondary N) is 1. The standard InChI is InChI=1S/C8H15NO4S/c1-7(2)12-4-8(14-3,5-13-7)6(10)9-11/h11H,4-5H2,1-3H3,(H,9,10). The van der Waals surface area contributed by atoms with Gasteiger partial charge in [-0.1, -0.05) is 0 Å². The highest BCUT2D eigenvalue weighted by atomic mass is 32.2. The Labute approximate surface area is 87.1 Å². The van der Waals surface area contributed by atoms with E-state index in [0.717, 1.165) is 0 Å². The molecular formula is C8H15NO4S. The van der Waals surface area contributed by atoms with E-state index in [1.54, 1.807) is 25.6 Å². The SMILES string of the molecule is CSC1(C(=O)NO)COC(C)(C)OC1. The number of hydrogen-bond acceptors (Lipinski definition) is 5. The molecule has 0 bridgehead atoms. The molecule has 0 aromatic rings. The predicted molar refractivity (Wildman–Crippen MR) is 52.2 cm³/mol. The Morgan fingerprint density at radius 2 is 1.93 bits per heavy atom. The Morgan fingerprint density at radius 1 is 1.43 bits per heavy atom. The molecule has 1 heterocycles. The van der Waals surface area contributed by atoms with Crippen LogP contribution in [0.15, 0.2) is 0 Å². The number of hydrogen-bond donors (Lipinski definition) is 2. The van der Waals surface area contributed by atoms with Crippen LogP contribution in [0.2, 0.25) is 0 Å². The molecule has 0 saturated carbocycles. The third kappa shape index (κ3) is 2.20. The van der Waals surface area contributed by atoms with E-state index in [-0.39, 0.29) is 13.2 Å². The van der Waals surface area contributed by atoms with Gasteiger partial charge in [-0.3, -0.25) is 10.0 Å². The van der Waals surface area contributed by atoms with Crippen LogP contribution in [-0.4, -0.2) is 41.1 Å². The highest BCUT2D eigenvalue weighted by Crippen LogP contribution is 2.32. The van der Waals surface area contributed by atoms with Crippen molar-refractivity contribution in [3.63, 3.8) is 0 Å². The summed E-state index contributed by atoms with van der Waals surface area (Å²) in [6.45, 7) is 4.03. The third-order valence-electron chi connectivity index (χ3n) is 2.21. The van der Waals surface area contributed by atoms with Crippen molar-refractivity contribution in [1.29, 1.82) is 0 Å².